The van der Waals surface area contributed by atoms with Crippen molar-refractivity contribution in [2.45, 2.75) is 45.3 Å². The second-order valence-corrected chi connectivity index (χ2v) is 7.17. The largest absolute Gasteiger partial charge is 0.308 e. The second kappa shape index (κ2) is 4.33. The van der Waals surface area contributed by atoms with Crippen molar-refractivity contribution in [3.05, 3.63) is 30.0 Å². The lowest BCUT2D eigenvalue weighted by atomic mass is 10.0. The molecule has 1 aromatic carbocycles. The third-order valence-electron chi connectivity index (χ3n) is 6.27. The van der Waals surface area contributed by atoms with Crippen LogP contribution in [-0.4, -0.2) is 15.8 Å². The molecule has 4 unspecified atom stereocenters. The number of para-hydroxylation sites is 1. The van der Waals surface area contributed by atoms with Gasteiger partial charge in [-0.25, -0.2) is 0 Å². The van der Waals surface area contributed by atoms with Gasteiger partial charge in [0, 0.05) is 24.5 Å². The van der Waals surface area contributed by atoms with Crippen molar-refractivity contribution in [1.29, 1.82) is 0 Å². The maximum absolute atomic E-state index is 4.81. The zero-order valence-electron chi connectivity index (χ0n) is 12.6. The number of hydrogen-bond acceptors (Lipinski definition) is 2. The number of nitrogens with zero attached hydrogens (tertiary/aromatic N) is 2. The van der Waals surface area contributed by atoms with Crippen LogP contribution in [-0.2, 0) is 13.1 Å². The van der Waals surface area contributed by atoms with E-state index in [1.165, 1.54) is 35.9 Å². The van der Waals surface area contributed by atoms with Gasteiger partial charge >= 0.3 is 0 Å². The predicted molar refractivity (Wildman–Crippen MR) is 83.8 cm³/mol. The van der Waals surface area contributed by atoms with Gasteiger partial charge in [0.15, 0.2) is 0 Å². The van der Waals surface area contributed by atoms with Crippen LogP contribution < -0.4 is 5.32 Å². The molecule has 3 aliphatic carbocycles. The Labute approximate surface area is 125 Å². The van der Waals surface area contributed by atoms with E-state index in [0.717, 1.165) is 42.8 Å². The lowest BCUT2D eigenvalue weighted by Crippen LogP contribution is -2.22. The van der Waals surface area contributed by atoms with Gasteiger partial charge in [0.1, 0.15) is 0 Å². The molecular formula is C18H23N3. The first-order valence-electron chi connectivity index (χ1n) is 8.54. The molecule has 2 bridgehead atoms. The fourth-order valence-corrected chi connectivity index (χ4v) is 5.38. The van der Waals surface area contributed by atoms with E-state index in [2.05, 4.69) is 41.2 Å². The minimum Gasteiger partial charge on any atom is -0.308 e. The topological polar surface area (TPSA) is 29.9 Å². The Kier molecular flexibility index (Phi) is 2.52. The molecular weight excluding hydrogens is 258 g/mol. The Morgan fingerprint density at radius 3 is 2.71 bits per heavy atom. The van der Waals surface area contributed by atoms with Crippen LogP contribution in [0.4, 0.5) is 0 Å². The zero-order chi connectivity index (χ0) is 14.0. The van der Waals surface area contributed by atoms with Crippen LogP contribution in [0.1, 0.15) is 31.9 Å². The van der Waals surface area contributed by atoms with E-state index in [9.17, 15) is 0 Å². The highest BCUT2D eigenvalue weighted by atomic mass is 15.3. The Morgan fingerprint density at radius 2 is 1.95 bits per heavy atom. The van der Waals surface area contributed by atoms with Crippen molar-refractivity contribution in [1.82, 2.24) is 15.1 Å². The van der Waals surface area contributed by atoms with E-state index in [1.807, 2.05) is 0 Å². The summed E-state index contributed by atoms with van der Waals surface area (Å²) in [5.74, 6) is 4.09. The molecule has 1 aromatic heterocycles. The Hall–Kier alpha value is -1.35. The highest BCUT2D eigenvalue weighted by Crippen LogP contribution is 2.65. The van der Waals surface area contributed by atoms with Crippen molar-refractivity contribution >= 4 is 10.9 Å². The van der Waals surface area contributed by atoms with E-state index >= 15 is 0 Å². The molecule has 2 aromatic rings. The molecule has 3 nitrogen and oxygen atoms in total. The molecule has 0 spiro atoms. The van der Waals surface area contributed by atoms with Crippen LogP contribution in [0.25, 0.3) is 10.9 Å². The molecule has 21 heavy (non-hydrogen) atoms. The number of rotatable bonds is 4. The maximum atomic E-state index is 4.81. The molecule has 4 atom stereocenters. The summed E-state index contributed by atoms with van der Waals surface area (Å²) in [6.07, 6.45) is 4.52. The van der Waals surface area contributed by atoms with Gasteiger partial charge in [-0.1, -0.05) is 18.2 Å². The lowest BCUT2D eigenvalue weighted by molar-refractivity contribution is 0.456. The molecule has 0 amide bonds. The van der Waals surface area contributed by atoms with Gasteiger partial charge in [-0.2, -0.15) is 5.10 Å². The molecule has 0 aliphatic heterocycles. The van der Waals surface area contributed by atoms with Crippen molar-refractivity contribution in [3.63, 3.8) is 0 Å². The van der Waals surface area contributed by atoms with Crippen LogP contribution >= 0.6 is 0 Å². The molecule has 1 heterocycles. The average Bonchev–Trinajstić information content (AvgIpc) is 2.88. The summed E-state index contributed by atoms with van der Waals surface area (Å²) >= 11 is 0. The van der Waals surface area contributed by atoms with E-state index < -0.39 is 0 Å². The van der Waals surface area contributed by atoms with Gasteiger partial charge in [0.25, 0.3) is 0 Å². The molecule has 3 saturated carbocycles. The van der Waals surface area contributed by atoms with Crippen LogP contribution in [0.5, 0.6) is 0 Å². The molecule has 3 aliphatic rings. The average molecular weight is 281 g/mol. The third kappa shape index (κ3) is 1.67. The van der Waals surface area contributed by atoms with Gasteiger partial charge in [0.2, 0.25) is 0 Å². The number of nitrogens with one attached hydrogen (secondary N) is 1. The highest BCUT2D eigenvalue weighted by molar-refractivity contribution is 5.81. The molecule has 1 N–H and O–H groups in total. The summed E-state index contributed by atoms with van der Waals surface area (Å²) in [4.78, 5) is 0. The van der Waals surface area contributed by atoms with Crippen LogP contribution in [0.3, 0.4) is 0 Å². The third-order valence-corrected chi connectivity index (χ3v) is 6.27. The minimum absolute atomic E-state index is 0.793. The van der Waals surface area contributed by atoms with E-state index in [1.54, 1.807) is 0 Å². The number of aromatic nitrogens is 2. The molecule has 3 fully saturated rings. The molecule has 5 rings (SSSR count). The van der Waals surface area contributed by atoms with Gasteiger partial charge in [-0.15, -0.1) is 0 Å². The summed E-state index contributed by atoms with van der Waals surface area (Å²) in [6.45, 7) is 4.05. The van der Waals surface area contributed by atoms with Gasteiger partial charge in [-0.3, -0.25) is 4.68 Å². The molecule has 0 radical (unpaired) electrons. The standard InChI is InChI=1S/C18H23N3/c1-2-21-15-6-4-3-5-13(15)14(20-21)10-19-18-16-11-7-8-12(9-11)17(16)18/h3-6,11-12,16-19H,2,7-10H2,1H3. The van der Waals surface area contributed by atoms with Crippen molar-refractivity contribution in [2.24, 2.45) is 23.7 Å². The normalized spacial score (nSPS) is 36.3. The van der Waals surface area contributed by atoms with Gasteiger partial charge in [-0.05, 0) is 55.9 Å². The quantitative estimate of drug-likeness (QED) is 0.932. The Morgan fingerprint density at radius 1 is 1.19 bits per heavy atom. The summed E-state index contributed by atoms with van der Waals surface area (Å²) in [5, 5.41) is 9.96. The summed E-state index contributed by atoms with van der Waals surface area (Å²) < 4.78 is 2.13. The van der Waals surface area contributed by atoms with E-state index in [0.29, 0.717) is 0 Å². The van der Waals surface area contributed by atoms with Crippen molar-refractivity contribution in [2.75, 3.05) is 0 Å². The number of aryl methyl sites for hydroxylation is 1. The highest BCUT2D eigenvalue weighted by Gasteiger charge is 2.64. The minimum atomic E-state index is 0.793. The molecule has 3 heteroatoms. The zero-order valence-corrected chi connectivity index (χ0v) is 12.6. The van der Waals surface area contributed by atoms with E-state index in [4.69, 9.17) is 5.10 Å². The van der Waals surface area contributed by atoms with Gasteiger partial charge < -0.3 is 5.32 Å². The van der Waals surface area contributed by atoms with E-state index in [-0.39, 0.29) is 0 Å². The fraction of sp³-hybridized carbons (Fsp3) is 0.611. The fourth-order valence-electron chi connectivity index (χ4n) is 5.38. The smallest absolute Gasteiger partial charge is 0.0841 e. The first-order valence-corrected chi connectivity index (χ1v) is 8.54. The maximum Gasteiger partial charge on any atom is 0.0841 e. The first kappa shape index (κ1) is 12.2. The number of hydrogen-bond donors (Lipinski definition) is 1. The van der Waals surface area contributed by atoms with Crippen LogP contribution in [0.15, 0.2) is 24.3 Å². The second-order valence-electron chi connectivity index (χ2n) is 7.17. The monoisotopic (exact) mass is 281 g/mol. The molecule has 110 valence electrons. The first-order chi connectivity index (χ1) is 10.4. The number of benzene rings is 1. The lowest BCUT2D eigenvalue weighted by Gasteiger charge is -2.09. The van der Waals surface area contributed by atoms with Gasteiger partial charge in [0.05, 0.1) is 11.2 Å². The van der Waals surface area contributed by atoms with Crippen molar-refractivity contribution in [3.8, 4) is 0 Å². The Bertz CT molecular complexity index is 673. The van der Waals surface area contributed by atoms with Crippen LogP contribution in [0, 0.1) is 23.7 Å². The SMILES string of the molecule is CCn1nc(CNC2C3C4CCC(C4)C23)c2ccccc21. The summed E-state index contributed by atoms with van der Waals surface area (Å²) in [5.41, 5.74) is 2.50. The molecule has 0 saturated heterocycles. The predicted octanol–water partition coefficient (Wildman–Crippen LogP) is 3.19. The van der Waals surface area contributed by atoms with Crippen molar-refractivity contribution < 1.29 is 0 Å². The summed E-state index contributed by atoms with van der Waals surface area (Å²) in [7, 11) is 0. The summed E-state index contributed by atoms with van der Waals surface area (Å²) in [6, 6.07) is 9.42. The number of fused-ring (bicyclic) bond motifs is 6. The van der Waals surface area contributed by atoms with Crippen LogP contribution in [0.2, 0.25) is 0 Å². The Balaban J connectivity index is 1.36.